The number of ether oxygens (including phenoxy) is 1. The molecule has 0 spiro atoms. The molecular formula is C26H28ClN3O5S. The van der Waals surface area contributed by atoms with Gasteiger partial charge in [0.15, 0.2) is 0 Å². The fourth-order valence-electron chi connectivity index (χ4n) is 3.61. The van der Waals surface area contributed by atoms with Gasteiger partial charge in [0, 0.05) is 18.6 Å². The Hall–Kier alpha value is -3.56. The lowest BCUT2D eigenvalue weighted by Crippen LogP contribution is -2.50. The minimum absolute atomic E-state index is 0.0231. The molecule has 0 bridgehead atoms. The molecule has 1 N–H and O–H groups in total. The van der Waals surface area contributed by atoms with Crippen molar-refractivity contribution >= 4 is 39.1 Å². The quantitative estimate of drug-likeness (QED) is 0.432. The van der Waals surface area contributed by atoms with Crippen LogP contribution < -0.4 is 14.4 Å². The molecule has 0 fully saturated rings. The number of benzene rings is 3. The van der Waals surface area contributed by atoms with Crippen LogP contribution in [0.4, 0.5) is 5.69 Å². The molecule has 8 nitrogen and oxygen atoms in total. The highest BCUT2D eigenvalue weighted by atomic mass is 35.5. The van der Waals surface area contributed by atoms with Crippen molar-refractivity contribution in [2.24, 2.45) is 0 Å². The topological polar surface area (TPSA) is 96.0 Å². The molecule has 3 rings (SSSR count). The zero-order chi connectivity index (χ0) is 26.3. The number of nitrogens with zero attached hydrogens (tertiary/aromatic N) is 2. The number of halogens is 1. The maximum absolute atomic E-state index is 13.7. The van der Waals surface area contributed by atoms with Crippen LogP contribution in [0, 0.1) is 0 Å². The number of carbonyl (C=O) groups excluding carboxylic acids is 2. The van der Waals surface area contributed by atoms with Gasteiger partial charge in [0.1, 0.15) is 18.3 Å². The van der Waals surface area contributed by atoms with Crippen LogP contribution in [-0.2, 0) is 26.2 Å². The van der Waals surface area contributed by atoms with Gasteiger partial charge in [0.2, 0.25) is 11.8 Å². The van der Waals surface area contributed by atoms with E-state index < -0.39 is 28.5 Å². The maximum atomic E-state index is 13.7. The summed E-state index contributed by atoms with van der Waals surface area (Å²) in [5.41, 5.74) is 1.02. The van der Waals surface area contributed by atoms with Crippen LogP contribution in [0.1, 0.15) is 12.5 Å². The Morgan fingerprint density at radius 3 is 2.25 bits per heavy atom. The number of amides is 2. The van der Waals surface area contributed by atoms with Crippen LogP contribution in [-0.4, -0.2) is 51.9 Å². The van der Waals surface area contributed by atoms with Crippen molar-refractivity contribution in [1.82, 2.24) is 10.2 Å². The zero-order valence-corrected chi connectivity index (χ0v) is 21.8. The van der Waals surface area contributed by atoms with Crippen LogP contribution in [0.25, 0.3) is 0 Å². The van der Waals surface area contributed by atoms with E-state index in [1.165, 1.54) is 49.4 Å². The van der Waals surface area contributed by atoms with Gasteiger partial charge in [-0.25, -0.2) is 8.42 Å². The number of carbonyl (C=O) groups is 2. The van der Waals surface area contributed by atoms with Crippen molar-refractivity contribution in [2.75, 3.05) is 25.0 Å². The maximum Gasteiger partial charge on any atom is 0.264 e. The lowest BCUT2D eigenvalue weighted by molar-refractivity contribution is -0.139. The minimum Gasteiger partial charge on any atom is -0.497 e. The first-order valence-electron chi connectivity index (χ1n) is 11.1. The summed E-state index contributed by atoms with van der Waals surface area (Å²) < 4.78 is 33.6. The Balaban J connectivity index is 2.02. The Morgan fingerprint density at radius 1 is 1.00 bits per heavy atom. The van der Waals surface area contributed by atoms with E-state index in [0.29, 0.717) is 10.8 Å². The number of likely N-dealkylation sites (N-methyl/N-ethyl adjacent to an activating group) is 1. The summed E-state index contributed by atoms with van der Waals surface area (Å²) in [6, 6.07) is 20.4. The van der Waals surface area contributed by atoms with Crippen molar-refractivity contribution in [2.45, 2.75) is 24.4 Å². The third kappa shape index (κ3) is 6.35. The summed E-state index contributed by atoms with van der Waals surface area (Å²) in [6.07, 6.45) is 0. The second kappa shape index (κ2) is 11.9. The molecule has 0 aliphatic rings. The first kappa shape index (κ1) is 27.0. The van der Waals surface area contributed by atoms with Crippen molar-refractivity contribution in [3.63, 3.8) is 0 Å². The number of sulfonamides is 1. The molecule has 0 unspecified atom stereocenters. The average Bonchev–Trinajstić information content (AvgIpc) is 2.89. The van der Waals surface area contributed by atoms with Crippen LogP contribution >= 0.6 is 11.6 Å². The number of hydrogen-bond acceptors (Lipinski definition) is 5. The third-order valence-corrected chi connectivity index (χ3v) is 7.66. The largest absolute Gasteiger partial charge is 0.497 e. The van der Waals surface area contributed by atoms with E-state index in [-0.39, 0.29) is 23.0 Å². The molecule has 0 aliphatic carbocycles. The second-order valence-electron chi connectivity index (χ2n) is 7.96. The minimum atomic E-state index is -4.18. The van der Waals surface area contributed by atoms with Gasteiger partial charge in [-0.1, -0.05) is 48.0 Å². The molecule has 0 heterocycles. The van der Waals surface area contributed by atoms with E-state index >= 15 is 0 Å². The molecule has 1 atom stereocenters. The number of anilines is 1. The molecule has 0 aliphatic heterocycles. The number of rotatable bonds is 10. The van der Waals surface area contributed by atoms with E-state index in [4.69, 9.17) is 16.3 Å². The van der Waals surface area contributed by atoms with Gasteiger partial charge in [-0.2, -0.15) is 0 Å². The van der Waals surface area contributed by atoms with E-state index in [9.17, 15) is 18.0 Å². The van der Waals surface area contributed by atoms with E-state index in [2.05, 4.69) is 5.32 Å². The van der Waals surface area contributed by atoms with Gasteiger partial charge in [-0.15, -0.1) is 0 Å². The molecular weight excluding hydrogens is 502 g/mol. The molecule has 36 heavy (non-hydrogen) atoms. The molecule has 0 radical (unpaired) electrons. The van der Waals surface area contributed by atoms with Crippen molar-refractivity contribution in [3.05, 3.63) is 89.4 Å². The van der Waals surface area contributed by atoms with E-state index in [0.717, 1.165) is 9.87 Å². The standard InChI is InChI=1S/C26H28ClN3O5S/c1-19(26(32)28-2)29(17-20-8-5-4-6-9-20)25(31)18-30(22-11-7-10-21(27)16-22)36(33,34)24-14-12-23(35-3)13-15-24/h4-16,19H,17-18H2,1-3H3,(H,28,32)/t19-/m0/s1. The molecule has 3 aromatic rings. The van der Waals surface area contributed by atoms with Crippen molar-refractivity contribution in [1.29, 1.82) is 0 Å². The van der Waals surface area contributed by atoms with Gasteiger partial charge >= 0.3 is 0 Å². The van der Waals surface area contributed by atoms with Gasteiger partial charge in [0.05, 0.1) is 17.7 Å². The van der Waals surface area contributed by atoms with Crippen molar-refractivity contribution < 1.29 is 22.7 Å². The lowest BCUT2D eigenvalue weighted by atomic mass is 10.1. The highest BCUT2D eigenvalue weighted by Gasteiger charge is 2.32. The fourth-order valence-corrected chi connectivity index (χ4v) is 5.20. The first-order valence-corrected chi connectivity index (χ1v) is 13.0. The lowest BCUT2D eigenvalue weighted by Gasteiger charge is -2.31. The smallest absolute Gasteiger partial charge is 0.264 e. The van der Waals surface area contributed by atoms with Crippen LogP contribution in [0.15, 0.2) is 83.8 Å². The van der Waals surface area contributed by atoms with Crippen molar-refractivity contribution in [3.8, 4) is 5.75 Å². The first-order chi connectivity index (χ1) is 17.2. The summed E-state index contributed by atoms with van der Waals surface area (Å²) >= 11 is 6.16. The molecule has 0 saturated carbocycles. The summed E-state index contributed by atoms with van der Waals surface area (Å²) in [6.45, 7) is 1.18. The molecule has 2 amide bonds. The predicted octanol–water partition coefficient (Wildman–Crippen LogP) is 3.71. The summed E-state index contributed by atoms with van der Waals surface area (Å²) in [4.78, 5) is 27.4. The molecule has 3 aromatic carbocycles. The molecule has 10 heteroatoms. The predicted molar refractivity (Wildman–Crippen MR) is 139 cm³/mol. The number of nitrogens with one attached hydrogen (secondary N) is 1. The third-order valence-electron chi connectivity index (χ3n) is 5.63. The summed E-state index contributed by atoms with van der Waals surface area (Å²) in [5, 5.41) is 2.87. The second-order valence-corrected chi connectivity index (χ2v) is 10.3. The molecule has 190 valence electrons. The highest BCUT2D eigenvalue weighted by Crippen LogP contribution is 2.27. The number of hydrogen-bond donors (Lipinski definition) is 1. The number of methoxy groups -OCH3 is 1. The molecule has 0 aromatic heterocycles. The summed E-state index contributed by atoms with van der Waals surface area (Å²) in [7, 11) is -1.21. The zero-order valence-electron chi connectivity index (χ0n) is 20.2. The van der Waals surface area contributed by atoms with E-state index in [1.807, 2.05) is 30.3 Å². The van der Waals surface area contributed by atoms with Crippen LogP contribution in [0.2, 0.25) is 5.02 Å². The van der Waals surface area contributed by atoms with Crippen LogP contribution in [0.3, 0.4) is 0 Å². The van der Waals surface area contributed by atoms with Gasteiger partial charge in [-0.05, 0) is 55.0 Å². The van der Waals surface area contributed by atoms with E-state index in [1.54, 1.807) is 25.1 Å². The fraction of sp³-hybridized carbons (Fsp3) is 0.231. The summed E-state index contributed by atoms with van der Waals surface area (Å²) in [5.74, 6) is -0.425. The van der Waals surface area contributed by atoms with Gasteiger partial charge < -0.3 is 15.0 Å². The SMILES string of the molecule is CNC(=O)[C@H](C)N(Cc1ccccc1)C(=O)CN(c1cccc(Cl)c1)S(=O)(=O)c1ccc(OC)cc1. The van der Waals surface area contributed by atoms with Crippen LogP contribution in [0.5, 0.6) is 5.75 Å². The Bertz CT molecular complexity index is 1300. The highest BCUT2D eigenvalue weighted by molar-refractivity contribution is 7.92. The monoisotopic (exact) mass is 529 g/mol. The van der Waals surface area contributed by atoms with Gasteiger partial charge in [0.25, 0.3) is 10.0 Å². The molecule has 0 saturated heterocycles. The normalized spacial score (nSPS) is 11.9. The average molecular weight is 530 g/mol. The Morgan fingerprint density at radius 2 is 1.67 bits per heavy atom. The van der Waals surface area contributed by atoms with Gasteiger partial charge in [-0.3, -0.25) is 13.9 Å². The Kier molecular flexibility index (Phi) is 8.95. The Labute approximate surface area is 216 Å².